The van der Waals surface area contributed by atoms with Gasteiger partial charge < -0.3 is 15.2 Å². The normalized spacial score (nSPS) is 16.3. The highest BCUT2D eigenvalue weighted by Crippen LogP contribution is 2.38. The van der Waals surface area contributed by atoms with Crippen LogP contribution in [0.1, 0.15) is 6.42 Å². The van der Waals surface area contributed by atoms with Gasteiger partial charge in [-0.25, -0.2) is 0 Å². The summed E-state index contributed by atoms with van der Waals surface area (Å²) in [5.74, 6) is -1.14. The van der Waals surface area contributed by atoms with Gasteiger partial charge in [-0.05, 0) is 0 Å². The van der Waals surface area contributed by atoms with Crippen LogP contribution in [-0.2, 0) is 4.79 Å². The predicted octanol–water partition coefficient (Wildman–Crippen LogP) is 2.10. The molecule has 9 heteroatoms. The van der Waals surface area contributed by atoms with Gasteiger partial charge in [0.05, 0.1) is 21.4 Å². The van der Waals surface area contributed by atoms with Crippen molar-refractivity contribution in [2.75, 3.05) is 13.1 Å². The van der Waals surface area contributed by atoms with Crippen LogP contribution in [0.15, 0.2) is 12.1 Å². The van der Waals surface area contributed by atoms with Crippen LogP contribution in [0.5, 0.6) is 5.75 Å². The maximum absolute atomic E-state index is 11.0. The minimum Gasteiger partial charge on any atom is -0.481 e. The average molecular weight is 321 g/mol. The second-order valence-electron chi connectivity index (χ2n) is 4.45. The molecule has 20 heavy (non-hydrogen) atoms. The molecule has 1 aliphatic rings. The van der Waals surface area contributed by atoms with E-state index in [1.807, 2.05) is 0 Å². The van der Waals surface area contributed by atoms with Crippen molar-refractivity contribution in [3.8, 4) is 5.75 Å². The van der Waals surface area contributed by atoms with Crippen molar-refractivity contribution in [1.82, 2.24) is 5.32 Å². The Morgan fingerprint density at radius 1 is 1.45 bits per heavy atom. The summed E-state index contributed by atoms with van der Waals surface area (Å²) in [6, 6.07) is 2.31. The van der Waals surface area contributed by atoms with Gasteiger partial charge in [-0.3, -0.25) is 14.9 Å². The Balaban J connectivity index is 2.34. The van der Waals surface area contributed by atoms with E-state index >= 15 is 0 Å². The van der Waals surface area contributed by atoms with Crippen LogP contribution in [0.4, 0.5) is 5.69 Å². The minimum absolute atomic E-state index is 0.0322. The number of carboxylic acids is 1. The number of ether oxygens (including phenoxy) is 1. The highest BCUT2D eigenvalue weighted by molar-refractivity contribution is 6.42. The zero-order valence-corrected chi connectivity index (χ0v) is 11.6. The van der Waals surface area contributed by atoms with Crippen molar-refractivity contribution in [3.05, 3.63) is 32.3 Å². The quantitative estimate of drug-likeness (QED) is 0.636. The van der Waals surface area contributed by atoms with Crippen molar-refractivity contribution in [2.45, 2.75) is 12.0 Å². The van der Waals surface area contributed by atoms with Crippen molar-refractivity contribution in [3.63, 3.8) is 0 Å². The fraction of sp³-hybridized carbons (Fsp3) is 0.364. The zero-order chi connectivity index (χ0) is 14.9. The molecule has 0 atom stereocenters. The van der Waals surface area contributed by atoms with Gasteiger partial charge in [0, 0.05) is 25.2 Å². The van der Waals surface area contributed by atoms with Crippen LogP contribution >= 0.6 is 23.2 Å². The monoisotopic (exact) mass is 320 g/mol. The van der Waals surface area contributed by atoms with E-state index in [1.54, 1.807) is 0 Å². The van der Waals surface area contributed by atoms with Crippen LogP contribution in [0.2, 0.25) is 10.0 Å². The lowest BCUT2D eigenvalue weighted by molar-refractivity contribution is -0.386. The second-order valence-corrected chi connectivity index (χ2v) is 5.26. The molecule has 2 N–H and O–H groups in total. The number of aliphatic carboxylic acids is 1. The molecule has 1 aliphatic heterocycles. The zero-order valence-electron chi connectivity index (χ0n) is 10.1. The number of benzene rings is 1. The smallest absolute Gasteiger partial charge is 0.312 e. The molecule has 0 aliphatic carbocycles. The predicted molar refractivity (Wildman–Crippen MR) is 71.6 cm³/mol. The number of rotatable bonds is 5. The van der Waals surface area contributed by atoms with Gasteiger partial charge in [-0.1, -0.05) is 23.2 Å². The van der Waals surface area contributed by atoms with E-state index in [2.05, 4.69) is 5.32 Å². The molecule has 1 heterocycles. The standard InChI is InChI=1S/C11H10Cl2N2O5/c12-6-1-8(15(18)19)9(2-7(6)13)20-11(3-10(16)17)4-14-5-11/h1-2,14H,3-5H2,(H,16,17). The molecule has 1 aromatic rings. The Labute approximate surface area is 123 Å². The number of carboxylic acid groups (broad SMARTS) is 1. The summed E-state index contributed by atoms with van der Waals surface area (Å²) >= 11 is 11.6. The van der Waals surface area contributed by atoms with E-state index in [0.29, 0.717) is 0 Å². The van der Waals surface area contributed by atoms with Crippen molar-refractivity contribution >= 4 is 34.9 Å². The molecule has 2 rings (SSSR count). The minimum atomic E-state index is -1.05. The summed E-state index contributed by atoms with van der Waals surface area (Å²) in [5.41, 5.74) is -1.36. The van der Waals surface area contributed by atoms with Gasteiger partial charge in [-0.15, -0.1) is 0 Å². The summed E-state index contributed by atoms with van der Waals surface area (Å²) < 4.78 is 5.55. The molecule has 0 spiro atoms. The molecule has 0 amide bonds. The maximum atomic E-state index is 11.0. The molecule has 0 aromatic heterocycles. The molecule has 1 aromatic carbocycles. The summed E-state index contributed by atoms with van der Waals surface area (Å²) in [6.45, 7) is 0.577. The summed E-state index contributed by atoms with van der Waals surface area (Å²) in [6.07, 6.45) is -0.266. The lowest BCUT2D eigenvalue weighted by Gasteiger charge is -2.41. The Bertz CT molecular complexity index is 574. The molecular formula is C11H10Cl2N2O5. The summed E-state index contributed by atoms with van der Waals surface area (Å²) in [7, 11) is 0. The van der Waals surface area contributed by atoms with E-state index in [9.17, 15) is 14.9 Å². The first-order valence-electron chi connectivity index (χ1n) is 5.58. The second kappa shape index (κ2) is 5.43. The fourth-order valence-electron chi connectivity index (χ4n) is 1.89. The maximum Gasteiger partial charge on any atom is 0.312 e. The highest BCUT2D eigenvalue weighted by atomic mass is 35.5. The third-order valence-electron chi connectivity index (χ3n) is 2.89. The Morgan fingerprint density at radius 3 is 2.50 bits per heavy atom. The SMILES string of the molecule is O=C(O)CC1(Oc2cc(Cl)c(Cl)cc2[N+](=O)[O-])CNC1. The lowest BCUT2D eigenvalue weighted by Crippen LogP contribution is -2.64. The highest BCUT2D eigenvalue weighted by Gasteiger charge is 2.43. The molecule has 1 saturated heterocycles. The molecule has 0 radical (unpaired) electrons. The molecule has 0 bridgehead atoms. The first-order chi connectivity index (χ1) is 9.33. The number of nitro groups is 1. The number of hydrogen-bond acceptors (Lipinski definition) is 5. The number of carbonyl (C=O) groups is 1. The Kier molecular flexibility index (Phi) is 4.03. The molecule has 108 valence electrons. The van der Waals surface area contributed by atoms with Gasteiger partial charge >= 0.3 is 11.7 Å². The average Bonchev–Trinajstić information content (AvgIpc) is 2.29. The number of nitro benzene ring substituents is 1. The van der Waals surface area contributed by atoms with Crippen molar-refractivity contribution in [1.29, 1.82) is 0 Å². The third kappa shape index (κ3) is 2.95. The molecule has 0 saturated carbocycles. The third-order valence-corrected chi connectivity index (χ3v) is 3.61. The largest absolute Gasteiger partial charge is 0.481 e. The van der Waals surface area contributed by atoms with E-state index in [0.717, 1.165) is 6.07 Å². The van der Waals surface area contributed by atoms with E-state index in [-0.39, 0.29) is 41.0 Å². The summed E-state index contributed by atoms with van der Waals surface area (Å²) in [5, 5.41) is 22.9. The van der Waals surface area contributed by atoms with Gasteiger partial charge in [0.15, 0.2) is 5.75 Å². The number of nitrogens with one attached hydrogen (secondary N) is 1. The van der Waals surface area contributed by atoms with Crippen LogP contribution < -0.4 is 10.1 Å². The molecule has 1 fully saturated rings. The summed E-state index contributed by atoms with van der Waals surface area (Å²) in [4.78, 5) is 21.2. The molecule has 7 nitrogen and oxygen atoms in total. The topological polar surface area (TPSA) is 102 Å². The van der Waals surface area contributed by atoms with Crippen LogP contribution in [0.3, 0.4) is 0 Å². The van der Waals surface area contributed by atoms with E-state index < -0.39 is 16.5 Å². The first-order valence-corrected chi connectivity index (χ1v) is 6.33. The number of nitrogens with zero attached hydrogens (tertiary/aromatic N) is 1. The van der Waals surface area contributed by atoms with Crippen molar-refractivity contribution < 1.29 is 19.6 Å². The van der Waals surface area contributed by atoms with Crippen molar-refractivity contribution in [2.24, 2.45) is 0 Å². The number of hydrogen-bond donors (Lipinski definition) is 2. The van der Waals surface area contributed by atoms with Gasteiger partial charge in [-0.2, -0.15) is 0 Å². The molecule has 0 unspecified atom stereocenters. The Hall–Kier alpha value is -1.57. The lowest BCUT2D eigenvalue weighted by atomic mass is 9.92. The van der Waals surface area contributed by atoms with Crippen LogP contribution in [0, 0.1) is 10.1 Å². The van der Waals surface area contributed by atoms with Crippen LogP contribution in [0.25, 0.3) is 0 Å². The van der Waals surface area contributed by atoms with Crippen LogP contribution in [-0.4, -0.2) is 34.7 Å². The van der Waals surface area contributed by atoms with E-state index in [4.69, 9.17) is 33.0 Å². The first kappa shape index (κ1) is 14.8. The Morgan fingerprint density at radius 2 is 2.05 bits per heavy atom. The fourth-order valence-corrected chi connectivity index (χ4v) is 2.20. The van der Waals surface area contributed by atoms with Gasteiger partial charge in [0.25, 0.3) is 0 Å². The van der Waals surface area contributed by atoms with E-state index in [1.165, 1.54) is 6.07 Å². The molecular weight excluding hydrogens is 311 g/mol. The van der Waals surface area contributed by atoms with Gasteiger partial charge in [0.1, 0.15) is 5.60 Å². The number of halogens is 2. The van der Waals surface area contributed by atoms with Gasteiger partial charge in [0.2, 0.25) is 0 Å².